The minimum absolute atomic E-state index is 0.247. The molecule has 5 nitrogen and oxygen atoms in total. The summed E-state index contributed by atoms with van der Waals surface area (Å²) >= 11 is 0. The summed E-state index contributed by atoms with van der Waals surface area (Å²) in [5, 5.41) is 5.63. The van der Waals surface area contributed by atoms with Crippen LogP contribution in [0.1, 0.15) is 16.7 Å². The van der Waals surface area contributed by atoms with E-state index in [4.69, 9.17) is 9.47 Å². The Hall–Kier alpha value is -2.69. The van der Waals surface area contributed by atoms with Gasteiger partial charge in [0.2, 0.25) is 0 Å². The summed E-state index contributed by atoms with van der Waals surface area (Å²) in [5.74, 6) is 1.36. The fourth-order valence-corrected chi connectivity index (χ4v) is 2.27. The molecular weight excluding hydrogens is 304 g/mol. The highest BCUT2D eigenvalue weighted by Gasteiger charge is 2.07. The number of hydrogen-bond acceptors (Lipinski definition) is 3. The van der Waals surface area contributed by atoms with Crippen molar-refractivity contribution < 1.29 is 14.3 Å². The van der Waals surface area contributed by atoms with Gasteiger partial charge in [-0.15, -0.1) is 0 Å². The first-order chi connectivity index (χ1) is 11.5. The van der Waals surface area contributed by atoms with Gasteiger partial charge < -0.3 is 20.1 Å². The first kappa shape index (κ1) is 17.7. The zero-order valence-corrected chi connectivity index (χ0v) is 14.6. The molecule has 2 aromatic rings. The van der Waals surface area contributed by atoms with Crippen molar-refractivity contribution in [3.63, 3.8) is 0 Å². The van der Waals surface area contributed by atoms with Gasteiger partial charge in [-0.3, -0.25) is 0 Å². The lowest BCUT2D eigenvalue weighted by atomic mass is 10.1. The number of nitrogens with one attached hydrogen (secondary N) is 2. The molecule has 0 unspecified atom stereocenters. The number of benzene rings is 2. The van der Waals surface area contributed by atoms with Crippen LogP contribution in [0.4, 0.5) is 10.5 Å². The largest absolute Gasteiger partial charge is 0.493 e. The van der Waals surface area contributed by atoms with Gasteiger partial charge in [-0.2, -0.15) is 0 Å². The van der Waals surface area contributed by atoms with E-state index in [1.54, 1.807) is 7.11 Å². The highest BCUT2D eigenvalue weighted by molar-refractivity contribution is 5.90. The number of urea groups is 1. The van der Waals surface area contributed by atoms with Crippen LogP contribution in [0.5, 0.6) is 11.5 Å². The zero-order chi connectivity index (χ0) is 17.5. The Morgan fingerprint density at radius 3 is 2.62 bits per heavy atom. The van der Waals surface area contributed by atoms with Gasteiger partial charge in [-0.25, -0.2) is 4.79 Å². The van der Waals surface area contributed by atoms with Crippen LogP contribution in [0.15, 0.2) is 36.4 Å². The second kappa shape index (κ2) is 8.24. The van der Waals surface area contributed by atoms with Crippen molar-refractivity contribution in [1.82, 2.24) is 5.32 Å². The number of anilines is 1. The lowest BCUT2D eigenvalue weighted by Crippen LogP contribution is -2.32. The molecule has 2 amide bonds. The highest BCUT2D eigenvalue weighted by atomic mass is 16.5. The first-order valence-electron chi connectivity index (χ1n) is 7.89. The van der Waals surface area contributed by atoms with Gasteiger partial charge >= 0.3 is 6.03 Å². The van der Waals surface area contributed by atoms with Crippen LogP contribution in [0, 0.1) is 20.8 Å². The molecule has 2 aromatic carbocycles. The molecular formula is C19H24N2O3. The molecule has 0 aliphatic carbocycles. The third-order valence-electron chi connectivity index (χ3n) is 3.82. The molecule has 0 spiro atoms. The van der Waals surface area contributed by atoms with E-state index >= 15 is 0 Å². The van der Waals surface area contributed by atoms with Gasteiger partial charge in [0.05, 0.1) is 13.7 Å². The summed E-state index contributed by atoms with van der Waals surface area (Å²) < 4.78 is 10.9. The van der Waals surface area contributed by atoms with E-state index in [0.29, 0.717) is 24.7 Å². The van der Waals surface area contributed by atoms with Gasteiger partial charge in [0, 0.05) is 5.69 Å². The molecule has 0 fully saturated rings. The van der Waals surface area contributed by atoms with Crippen molar-refractivity contribution in [2.75, 3.05) is 25.6 Å². The van der Waals surface area contributed by atoms with E-state index in [2.05, 4.69) is 10.6 Å². The number of carbonyl (C=O) groups excluding carboxylic acids is 1. The fourth-order valence-electron chi connectivity index (χ4n) is 2.27. The Labute approximate surface area is 143 Å². The predicted molar refractivity (Wildman–Crippen MR) is 96.2 cm³/mol. The number of hydrogen-bond donors (Lipinski definition) is 2. The molecule has 24 heavy (non-hydrogen) atoms. The predicted octanol–water partition coefficient (Wildman–Crippen LogP) is 3.82. The Balaban J connectivity index is 1.80. The van der Waals surface area contributed by atoms with Crippen LogP contribution in [0.25, 0.3) is 0 Å². The van der Waals surface area contributed by atoms with Gasteiger partial charge in [0.1, 0.15) is 6.61 Å². The standard InChI is InChI=1S/C19H24N2O3/c1-13-8-9-17(18(12-13)23-4)24-11-10-20-19(22)21-16-7-5-6-14(2)15(16)3/h5-9,12H,10-11H2,1-4H3,(H2,20,21,22). The van der Waals surface area contributed by atoms with Crippen LogP contribution >= 0.6 is 0 Å². The maximum Gasteiger partial charge on any atom is 0.319 e. The SMILES string of the molecule is COc1cc(C)ccc1OCCNC(=O)Nc1cccc(C)c1C. The molecule has 0 aliphatic rings. The van der Waals surface area contributed by atoms with E-state index in [0.717, 1.165) is 22.4 Å². The maximum absolute atomic E-state index is 12.0. The normalized spacial score (nSPS) is 10.2. The van der Waals surface area contributed by atoms with Crippen molar-refractivity contribution in [2.45, 2.75) is 20.8 Å². The fraction of sp³-hybridized carbons (Fsp3) is 0.316. The molecule has 2 rings (SSSR count). The molecule has 2 N–H and O–H groups in total. The third kappa shape index (κ3) is 4.65. The van der Waals surface area contributed by atoms with E-state index in [-0.39, 0.29) is 6.03 Å². The van der Waals surface area contributed by atoms with Crippen LogP contribution < -0.4 is 20.1 Å². The Bertz CT molecular complexity index is 714. The summed E-state index contributed by atoms with van der Waals surface area (Å²) in [6, 6.07) is 11.3. The maximum atomic E-state index is 12.0. The minimum atomic E-state index is -0.247. The summed E-state index contributed by atoms with van der Waals surface area (Å²) in [4.78, 5) is 12.0. The lowest BCUT2D eigenvalue weighted by Gasteiger charge is -2.13. The Morgan fingerprint density at radius 1 is 1.08 bits per heavy atom. The summed E-state index contributed by atoms with van der Waals surface area (Å²) in [5.41, 5.74) is 4.12. The topological polar surface area (TPSA) is 59.6 Å². The first-order valence-corrected chi connectivity index (χ1v) is 7.89. The monoisotopic (exact) mass is 328 g/mol. The van der Waals surface area contributed by atoms with Gasteiger partial charge in [-0.1, -0.05) is 18.2 Å². The zero-order valence-electron chi connectivity index (χ0n) is 14.6. The summed E-state index contributed by atoms with van der Waals surface area (Å²) in [6.07, 6.45) is 0. The molecule has 0 atom stereocenters. The molecule has 0 bridgehead atoms. The highest BCUT2D eigenvalue weighted by Crippen LogP contribution is 2.27. The number of amides is 2. The minimum Gasteiger partial charge on any atom is -0.493 e. The Morgan fingerprint density at radius 2 is 1.88 bits per heavy atom. The third-order valence-corrected chi connectivity index (χ3v) is 3.82. The average molecular weight is 328 g/mol. The number of aryl methyl sites for hydroxylation is 2. The van der Waals surface area contributed by atoms with Crippen LogP contribution in [-0.2, 0) is 0 Å². The van der Waals surface area contributed by atoms with Crippen LogP contribution in [0.3, 0.4) is 0 Å². The van der Waals surface area contributed by atoms with Crippen molar-refractivity contribution in [2.24, 2.45) is 0 Å². The number of methoxy groups -OCH3 is 1. The average Bonchev–Trinajstić information content (AvgIpc) is 2.56. The van der Waals surface area contributed by atoms with Gasteiger partial charge in [0.25, 0.3) is 0 Å². The van der Waals surface area contributed by atoms with Crippen molar-refractivity contribution >= 4 is 11.7 Å². The molecule has 0 radical (unpaired) electrons. The van der Waals surface area contributed by atoms with E-state index in [1.807, 2.05) is 57.2 Å². The van der Waals surface area contributed by atoms with Crippen molar-refractivity contribution in [3.8, 4) is 11.5 Å². The van der Waals surface area contributed by atoms with Crippen LogP contribution in [-0.4, -0.2) is 26.3 Å². The summed E-state index contributed by atoms with van der Waals surface area (Å²) in [6.45, 7) is 6.75. The molecule has 5 heteroatoms. The number of rotatable bonds is 6. The molecule has 0 saturated heterocycles. The molecule has 0 heterocycles. The van der Waals surface area contributed by atoms with E-state index in [9.17, 15) is 4.79 Å². The molecule has 0 aliphatic heterocycles. The number of carbonyl (C=O) groups is 1. The van der Waals surface area contributed by atoms with E-state index < -0.39 is 0 Å². The molecule has 0 saturated carbocycles. The quantitative estimate of drug-likeness (QED) is 0.793. The van der Waals surface area contributed by atoms with Gasteiger partial charge in [-0.05, 0) is 55.7 Å². The number of ether oxygens (including phenoxy) is 2. The van der Waals surface area contributed by atoms with Crippen LogP contribution in [0.2, 0.25) is 0 Å². The second-order valence-corrected chi connectivity index (χ2v) is 5.63. The Kier molecular flexibility index (Phi) is 6.07. The van der Waals surface area contributed by atoms with Crippen molar-refractivity contribution in [1.29, 1.82) is 0 Å². The lowest BCUT2D eigenvalue weighted by molar-refractivity contribution is 0.246. The second-order valence-electron chi connectivity index (χ2n) is 5.63. The van der Waals surface area contributed by atoms with Gasteiger partial charge in [0.15, 0.2) is 11.5 Å². The summed E-state index contributed by atoms with van der Waals surface area (Å²) in [7, 11) is 1.61. The smallest absolute Gasteiger partial charge is 0.319 e. The van der Waals surface area contributed by atoms with Crippen molar-refractivity contribution in [3.05, 3.63) is 53.1 Å². The van der Waals surface area contributed by atoms with E-state index in [1.165, 1.54) is 0 Å². The molecule has 0 aromatic heterocycles. The molecule has 128 valence electrons.